The van der Waals surface area contributed by atoms with E-state index in [1.54, 1.807) is 13.2 Å². The van der Waals surface area contributed by atoms with Gasteiger partial charge in [0, 0.05) is 44.1 Å². The standard InChI is InChI=1S/C15H28N4O3S2/c1-5-19(6-2)24(20,21)14-8-7-13(23-14)9-10-17-15(16)18-12(3)11-22-4/h7-8,12H,5-6,9-11H2,1-4H3,(H3,16,17,18). The molecule has 0 spiro atoms. The molecular formula is C15H28N4O3S2. The summed E-state index contributed by atoms with van der Waals surface area (Å²) >= 11 is 1.29. The van der Waals surface area contributed by atoms with Crippen molar-refractivity contribution in [2.24, 2.45) is 10.7 Å². The maximum absolute atomic E-state index is 12.4. The Morgan fingerprint density at radius 2 is 2.08 bits per heavy atom. The molecule has 1 heterocycles. The van der Waals surface area contributed by atoms with E-state index in [1.807, 2.05) is 26.8 Å². The molecule has 0 radical (unpaired) electrons. The fourth-order valence-electron chi connectivity index (χ4n) is 2.20. The molecular weight excluding hydrogens is 348 g/mol. The van der Waals surface area contributed by atoms with Crippen molar-refractivity contribution < 1.29 is 13.2 Å². The molecule has 1 unspecified atom stereocenters. The summed E-state index contributed by atoms with van der Waals surface area (Å²) in [6.07, 6.45) is 0.652. The Labute approximate surface area is 149 Å². The molecule has 0 aliphatic carbocycles. The van der Waals surface area contributed by atoms with Crippen LogP contribution in [0.15, 0.2) is 21.3 Å². The molecule has 9 heteroatoms. The van der Waals surface area contributed by atoms with Crippen LogP contribution in [0.1, 0.15) is 25.6 Å². The van der Waals surface area contributed by atoms with Crippen LogP contribution in [0.3, 0.4) is 0 Å². The predicted molar refractivity (Wildman–Crippen MR) is 99.1 cm³/mol. The zero-order chi connectivity index (χ0) is 18.2. The van der Waals surface area contributed by atoms with Gasteiger partial charge in [0.15, 0.2) is 5.96 Å². The second-order valence-electron chi connectivity index (χ2n) is 5.33. The summed E-state index contributed by atoms with van der Waals surface area (Å²) in [7, 11) is -1.75. The van der Waals surface area contributed by atoms with E-state index in [1.165, 1.54) is 15.6 Å². The van der Waals surface area contributed by atoms with E-state index in [-0.39, 0.29) is 6.04 Å². The van der Waals surface area contributed by atoms with E-state index in [0.29, 0.717) is 42.8 Å². The molecule has 0 bridgehead atoms. The van der Waals surface area contributed by atoms with Gasteiger partial charge >= 0.3 is 0 Å². The van der Waals surface area contributed by atoms with Crippen LogP contribution in [0.2, 0.25) is 0 Å². The van der Waals surface area contributed by atoms with Gasteiger partial charge in [-0.3, -0.25) is 4.99 Å². The number of methoxy groups -OCH3 is 1. The van der Waals surface area contributed by atoms with Crippen molar-refractivity contribution in [3.63, 3.8) is 0 Å². The van der Waals surface area contributed by atoms with Crippen molar-refractivity contribution in [2.45, 2.75) is 37.4 Å². The third kappa shape index (κ3) is 6.04. The van der Waals surface area contributed by atoms with Gasteiger partial charge in [0.05, 0.1) is 6.61 Å². The Morgan fingerprint density at radius 1 is 1.42 bits per heavy atom. The van der Waals surface area contributed by atoms with E-state index < -0.39 is 10.0 Å². The number of rotatable bonds is 10. The summed E-state index contributed by atoms with van der Waals surface area (Å²) in [4.78, 5) is 5.23. The molecule has 138 valence electrons. The predicted octanol–water partition coefficient (Wildman–Crippen LogP) is 1.26. The van der Waals surface area contributed by atoms with E-state index in [0.717, 1.165) is 4.88 Å². The normalized spacial score (nSPS) is 14.1. The van der Waals surface area contributed by atoms with Gasteiger partial charge < -0.3 is 15.8 Å². The Balaban J connectivity index is 2.62. The summed E-state index contributed by atoms with van der Waals surface area (Å²) in [5, 5.41) is 3.03. The van der Waals surface area contributed by atoms with E-state index in [2.05, 4.69) is 10.3 Å². The highest BCUT2D eigenvalue weighted by Crippen LogP contribution is 2.25. The first kappa shape index (κ1) is 20.9. The number of nitrogens with two attached hydrogens (primary N) is 1. The highest BCUT2D eigenvalue weighted by Gasteiger charge is 2.23. The maximum Gasteiger partial charge on any atom is 0.252 e. The number of sulfonamides is 1. The summed E-state index contributed by atoms with van der Waals surface area (Å²) in [5.74, 6) is 0.368. The number of hydrogen-bond acceptors (Lipinski definition) is 5. The number of aliphatic imine (C=N–C) groups is 1. The van der Waals surface area contributed by atoms with Crippen molar-refractivity contribution in [1.29, 1.82) is 0 Å². The molecule has 7 nitrogen and oxygen atoms in total. The fraction of sp³-hybridized carbons (Fsp3) is 0.667. The fourth-order valence-corrected chi connectivity index (χ4v) is 5.16. The van der Waals surface area contributed by atoms with Gasteiger partial charge in [-0.25, -0.2) is 8.42 Å². The minimum absolute atomic E-state index is 0.0892. The number of ether oxygens (including phenoxy) is 1. The van der Waals surface area contributed by atoms with E-state index in [4.69, 9.17) is 10.5 Å². The minimum atomic E-state index is -3.38. The Hall–Kier alpha value is -1.16. The van der Waals surface area contributed by atoms with Crippen LogP contribution in [0.4, 0.5) is 0 Å². The largest absolute Gasteiger partial charge is 0.383 e. The molecule has 1 aromatic rings. The molecule has 0 amide bonds. The Kier molecular flexibility index (Phi) is 8.68. The Morgan fingerprint density at radius 3 is 2.67 bits per heavy atom. The lowest BCUT2D eigenvalue weighted by Gasteiger charge is -2.16. The topological polar surface area (TPSA) is 97.0 Å². The smallest absolute Gasteiger partial charge is 0.252 e. The number of nitrogens with zero attached hydrogens (tertiary/aromatic N) is 2. The average Bonchev–Trinajstić information content (AvgIpc) is 2.98. The monoisotopic (exact) mass is 376 g/mol. The van der Waals surface area contributed by atoms with Crippen LogP contribution in [0.25, 0.3) is 0 Å². The van der Waals surface area contributed by atoms with Gasteiger partial charge in [-0.15, -0.1) is 11.3 Å². The van der Waals surface area contributed by atoms with Gasteiger partial charge in [0.1, 0.15) is 4.21 Å². The second kappa shape index (κ2) is 9.97. The third-order valence-corrected chi connectivity index (χ3v) is 7.05. The molecule has 0 saturated heterocycles. The van der Waals surface area contributed by atoms with Gasteiger partial charge in [0.2, 0.25) is 0 Å². The molecule has 0 aliphatic rings. The van der Waals surface area contributed by atoms with E-state index in [9.17, 15) is 8.42 Å². The van der Waals surface area contributed by atoms with Crippen LogP contribution in [-0.2, 0) is 21.2 Å². The van der Waals surface area contributed by atoms with E-state index >= 15 is 0 Å². The van der Waals surface area contributed by atoms with Crippen molar-refractivity contribution in [3.8, 4) is 0 Å². The number of guanidine groups is 1. The summed E-state index contributed by atoms with van der Waals surface area (Å²) in [6.45, 7) is 7.62. The average molecular weight is 377 g/mol. The molecule has 24 heavy (non-hydrogen) atoms. The molecule has 0 saturated carbocycles. The molecule has 1 rings (SSSR count). The zero-order valence-corrected chi connectivity index (χ0v) is 16.4. The number of nitrogens with one attached hydrogen (secondary N) is 1. The maximum atomic E-state index is 12.4. The highest BCUT2D eigenvalue weighted by molar-refractivity contribution is 7.91. The number of thiophene rings is 1. The molecule has 0 aliphatic heterocycles. The lowest BCUT2D eigenvalue weighted by Crippen LogP contribution is -2.40. The van der Waals surface area contributed by atoms with Gasteiger partial charge in [-0.2, -0.15) is 4.31 Å². The summed E-state index contributed by atoms with van der Waals surface area (Å²) < 4.78 is 31.7. The van der Waals surface area contributed by atoms with Crippen molar-refractivity contribution in [2.75, 3.05) is 33.4 Å². The van der Waals surface area contributed by atoms with Crippen LogP contribution in [-0.4, -0.2) is 58.1 Å². The summed E-state index contributed by atoms with van der Waals surface area (Å²) in [5.41, 5.74) is 5.80. The first-order valence-electron chi connectivity index (χ1n) is 7.99. The molecule has 3 N–H and O–H groups in total. The third-order valence-electron chi connectivity index (χ3n) is 3.39. The van der Waals surface area contributed by atoms with Crippen LogP contribution >= 0.6 is 11.3 Å². The van der Waals surface area contributed by atoms with Crippen molar-refractivity contribution >= 4 is 27.3 Å². The molecule has 1 aromatic heterocycles. The van der Waals surface area contributed by atoms with Gasteiger partial charge in [0.25, 0.3) is 10.0 Å². The molecule has 1 atom stereocenters. The quantitative estimate of drug-likeness (QED) is 0.473. The lowest BCUT2D eigenvalue weighted by atomic mass is 10.3. The zero-order valence-electron chi connectivity index (χ0n) is 14.8. The van der Waals surface area contributed by atoms with Crippen LogP contribution in [0.5, 0.6) is 0 Å². The van der Waals surface area contributed by atoms with Crippen molar-refractivity contribution in [3.05, 3.63) is 17.0 Å². The minimum Gasteiger partial charge on any atom is -0.383 e. The summed E-state index contributed by atoms with van der Waals surface area (Å²) in [6, 6.07) is 3.60. The van der Waals surface area contributed by atoms with Gasteiger partial charge in [-0.05, 0) is 19.1 Å². The van der Waals surface area contributed by atoms with Crippen molar-refractivity contribution in [1.82, 2.24) is 9.62 Å². The first-order chi connectivity index (χ1) is 11.3. The Bertz CT molecular complexity index is 624. The van der Waals surface area contributed by atoms with Crippen LogP contribution in [0, 0.1) is 0 Å². The first-order valence-corrected chi connectivity index (χ1v) is 10.2. The lowest BCUT2D eigenvalue weighted by molar-refractivity contribution is 0.179. The molecule has 0 aromatic carbocycles. The van der Waals surface area contributed by atoms with Gasteiger partial charge in [-0.1, -0.05) is 13.8 Å². The SMILES string of the molecule is CCN(CC)S(=O)(=O)c1ccc(CCN=C(N)NC(C)COC)s1. The highest BCUT2D eigenvalue weighted by atomic mass is 32.2. The van der Waals surface area contributed by atoms with Crippen LogP contribution < -0.4 is 11.1 Å². The molecule has 0 fully saturated rings. The second-order valence-corrected chi connectivity index (χ2v) is 8.66. The number of hydrogen-bond donors (Lipinski definition) is 2.